The quantitative estimate of drug-likeness (QED) is 0.701. The van der Waals surface area contributed by atoms with Gasteiger partial charge in [-0.25, -0.2) is 13.1 Å². The van der Waals surface area contributed by atoms with Crippen LogP contribution < -0.4 is 0 Å². The van der Waals surface area contributed by atoms with Gasteiger partial charge < -0.3 is 4.90 Å². The lowest BCUT2D eigenvalue weighted by molar-refractivity contribution is -0.130. The highest BCUT2D eigenvalue weighted by Gasteiger charge is 2.35. The van der Waals surface area contributed by atoms with Gasteiger partial charge in [0.15, 0.2) is 0 Å². The molecule has 7 nitrogen and oxygen atoms in total. The molecule has 0 spiro atoms. The summed E-state index contributed by atoms with van der Waals surface area (Å²) in [5, 5.41) is 0. The number of hydrogen-bond acceptors (Lipinski definition) is 4. The summed E-state index contributed by atoms with van der Waals surface area (Å²) in [5.74, 6) is -1.14. The van der Waals surface area contributed by atoms with E-state index in [0.717, 1.165) is 11.2 Å². The molecule has 20 heavy (non-hydrogen) atoms. The Morgan fingerprint density at radius 2 is 1.65 bits per heavy atom. The zero-order valence-electron chi connectivity index (χ0n) is 11.3. The van der Waals surface area contributed by atoms with E-state index in [9.17, 15) is 26.8 Å². The SMILES string of the molecule is CC(=O)N1CCN(S(=O)(=O)N(CC(F)F)C(C)=O)CC1. The number of hydrogen-bond donors (Lipinski definition) is 0. The average molecular weight is 313 g/mol. The monoisotopic (exact) mass is 313 g/mol. The first kappa shape index (κ1) is 16.8. The van der Waals surface area contributed by atoms with Crippen molar-refractivity contribution in [2.24, 2.45) is 0 Å². The molecule has 0 aromatic rings. The van der Waals surface area contributed by atoms with Crippen molar-refractivity contribution in [1.82, 2.24) is 13.5 Å². The maximum absolute atomic E-state index is 12.4. The lowest BCUT2D eigenvalue weighted by atomic mass is 10.3. The van der Waals surface area contributed by atoms with Gasteiger partial charge in [0.1, 0.15) is 0 Å². The van der Waals surface area contributed by atoms with Crippen LogP contribution in [-0.2, 0) is 19.8 Å². The maximum Gasteiger partial charge on any atom is 0.306 e. The highest BCUT2D eigenvalue weighted by Crippen LogP contribution is 2.14. The molecule has 0 radical (unpaired) electrons. The van der Waals surface area contributed by atoms with Crippen LogP contribution in [0.1, 0.15) is 13.8 Å². The molecule has 1 heterocycles. The zero-order chi connectivity index (χ0) is 15.5. The Hall–Kier alpha value is -1.29. The van der Waals surface area contributed by atoms with E-state index in [0.29, 0.717) is 0 Å². The number of rotatable bonds is 4. The van der Waals surface area contributed by atoms with Crippen LogP contribution in [0.5, 0.6) is 0 Å². The van der Waals surface area contributed by atoms with E-state index in [1.807, 2.05) is 0 Å². The molecule has 0 atom stereocenters. The van der Waals surface area contributed by atoms with Gasteiger partial charge in [-0.1, -0.05) is 0 Å². The smallest absolute Gasteiger partial charge is 0.306 e. The number of nitrogens with zero attached hydrogens (tertiary/aromatic N) is 3. The van der Waals surface area contributed by atoms with Crippen molar-refractivity contribution in [3.63, 3.8) is 0 Å². The molecule has 1 aliphatic rings. The molecule has 0 aromatic heterocycles. The van der Waals surface area contributed by atoms with Gasteiger partial charge in [0.05, 0.1) is 6.54 Å². The van der Waals surface area contributed by atoms with Crippen LogP contribution in [0.4, 0.5) is 8.78 Å². The van der Waals surface area contributed by atoms with Gasteiger partial charge in [0.25, 0.3) is 6.43 Å². The normalized spacial score (nSPS) is 17.4. The highest BCUT2D eigenvalue weighted by atomic mass is 32.2. The van der Waals surface area contributed by atoms with Gasteiger partial charge in [-0.2, -0.15) is 12.7 Å². The molecule has 10 heteroatoms. The Balaban J connectivity index is 2.82. The second-order valence-corrected chi connectivity index (χ2v) is 6.21. The molecule has 1 saturated heterocycles. The molecule has 1 fully saturated rings. The van der Waals surface area contributed by atoms with Crippen LogP contribution in [-0.4, -0.2) is 72.9 Å². The summed E-state index contributed by atoms with van der Waals surface area (Å²) in [5.41, 5.74) is 0. The van der Waals surface area contributed by atoms with Gasteiger partial charge in [-0.15, -0.1) is 0 Å². The van der Waals surface area contributed by atoms with Gasteiger partial charge >= 0.3 is 10.2 Å². The molecular formula is C10H17F2N3O4S. The second kappa shape index (κ2) is 6.44. The summed E-state index contributed by atoms with van der Waals surface area (Å²) in [7, 11) is -4.27. The van der Waals surface area contributed by atoms with Crippen molar-refractivity contribution in [3.05, 3.63) is 0 Å². The summed E-state index contributed by atoms with van der Waals surface area (Å²) < 4.78 is 50.1. The summed E-state index contributed by atoms with van der Waals surface area (Å²) in [4.78, 5) is 23.9. The third kappa shape index (κ3) is 3.85. The highest BCUT2D eigenvalue weighted by molar-refractivity contribution is 7.87. The number of halogens is 2. The first-order chi connectivity index (χ1) is 9.16. The van der Waals surface area contributed by atoms with Crippen molar-refractivity contribution < 1.29 is 26.8 Å². The molecule has 0 unspecified atom stereocenters. The first-order valence-electron chi connectivity index (χ1n) is 5.98. The number of amides is 2. The van der Waals surface area contributed by atoms with Crippen LogP contribution in [0.25, 0.3) is 0 Å². The van der Waals surface area contributed by atoms with E-state index in [2.05, 4.69) is 0 Å². The minimum absolute atomic E-state index is 0.0189. The van der Waals surface area contributed by atoms with Crippen molar-refractivity contribution in [1.29, 1.82) is 0 Å². The van der Waals surface area contributed by atoms with E-state index < -0.39 is 29.1 Å². The fourth-order valence-corrected chi connectivity index (χ4v) is 3.41. The summed E-state index contributed by atoms with van der Waals surface area (Å²) in [6.45, 7) is 1.44. The van der Waals surface area contributed by atoms with Gasteiger partial charge in [0, 0.05) is 40.0 Å². The Kier molecular flexibility index (Phi) is 5.40. The summed E-state index contributed by atoms with van der Waals surface area (Å²) in [6, 6.07) is 0. The number of carbonyl (C=O) groups is 2. The molecule has 116 valence electrons. The van der Waals surface area contributed by atoms with Crippen LogP contribution in [0.3, 0.4) is 0 Å². The molecule has 2 amide bonds. The predicted molar refractivity (Wildman–Crippen MR) is 66.1 cm³/mol. The first-order valence-corrected chi connectivity index (χ1v) is 7.38. The third-order valence-electron chi connectivity index (χ3n) is 2.94. The van der Waals surface area contributed by atoms with Gasteiger partial charge in [-0.3, -0.25) is 9.59 Å². The predicted octanol–water partition coefficient (Wildman–Crippen LogP) is -0.491. The Morgan fingerprint density at radius 1 is 1.15 bits per heavy atom. The molecule has 1 aliphatic heterocycles. The average Bonchev–Trinajstić information content (AvgIpc) is 2.35. The fourth-order valence-electron chi connectivity index (χ4n) is 1.88. The molecule has 0 aliphatic carbocycles. The second-order valence-electron chi connectivity index (χ2n) is 4.35. The fraction of sp³-hybridized carbons (Fsp3) is 0.800. The lowest BCUT2D eigenvalue weighted by Crippen LogP contribution is -2.55. The Bertz CT molecular complexity index is 475. The van der Waals surface area contributed by atoms with Crippen molar-refractivity contribution in [3.8, 4) is 0 Å². The minimum atomic E-state index is -4.27. The van der Waals surface area contributed by atoms with E-state index in [4.69, 9.17) is 0 Å². The molecule has 1 rings (SSSR count). The van der Waals surface area contributed by atoms with Crippen molar-refractivity contribution >= 4 is 22.0 Å². The zero-order valence-corrected chi connectivity index (χ0v) is 12.1. The van der Waals surface area contributed by atoms with E-state index in [-0.39, 0.29) is 36.4 Å². The number of alkyl halides is 2. The van der Waals surface area contributed by atoms with Gasteiger partial charge in [-0.05, 0) is 0 Å². The molecular weight excluding hydrogens is 296 g/mol. The lowest BCUT2D eigenvalue weighted by Gasteiger charge is -2.35. The van der Waals surface area contributed by atoms with Crippen LogP contribution in [0, 0.1) is 0 Å². The number of carbonyl (C=O) groups excluding carboxylic acids is 2. The van der Waals surface area contributed by atoms with E-state index >= 15 is 0 Å². The molecule has 0 N–H and O–H groups in total. The van der Waals surface area contributed by atoms with Crippen LogP contribution in [0.15, 0.2) is 0 Å². The molecule has 0 aromatic carbocycles. The Morgan fingerprint density at radius 3 is 2.00 bits per heavy atom. The summed E-state index contributed by atoms with van der Waals surface area (Å²) >= 11 is 0. The van der Waals surface area contributed by atoms with Gasteiger partial charge in [0.2, 0.25) is 11.8 Å². The molecule has 0 bridgehead atoms. The van der Waals surface area contributed by atoms with Crippen molar-refractivity contribution in [2.75, 3.05) is 32.7 Å². The van der Waals surface area contributed by atoms with Crippen molar-refractivity contribution in [2.45, 2.75) is 20.3 Å². The topological polar surface area (TPSA) is 78.0 Å². The standard InChI is InChI=1S/C10H17F2N3O4S/c1-8(16)13-3-5-14(6-4-13)20(18,19)15(9(2)17)7-10(11)12/h10H,3-7H2,1-2H3. The largest absolute Gasteiger partial charge is 0.340 e. The summed E-state index contributed by atoms with van der Waals surface area (Å²) in [6.07, 6.45) is -2.94. The van der Waals surface area contributed by atoms with E-state index in [1.54, 1.807) is 0 Å². The van der Waals surface area contributed by atoms with Crippen LogP contribution >= 0.6 is 0 Å². The Labute approximate surface area is 116 Å². The number of piperazine rings is 1. The third-order valence-corrected chi connectivity index (χ3v) is 4.92. The van der Waals surface area contributed by atoms with E-state index in [1.165, 1.54) is 11.8 Å². The van der Waals surface area contributed by atoms with Crippen LogP contribution in [0.2, 0.25) is 0 Å². The maximum atomic E-state index is 12.4. The molecule has 0 saturated carbocycles. The minimum Gasteiger partial charge on any atom is -0.340 e.